The summed E-state index contributed by atoms with van der Waals surface area (Å²) in [6.45, 7) is 3.55. The van der Waals surface area contributed by atoms with Gasteiger partial charge in [-0.15, -0.1) is 0 Å². The van der Waals surface area contributed by atoms with Gasteiger partial charge < -0.3 is 4.90 Å². The lowest BCUT2D eigenvalue weighted by Gasteiger charge is -2.21. The number of halogens is 1. The van der Waals surface area contributed by atoms with Crippen LogP contribution in [0.2, 0.25) is 0 Å². The Morgan fingerprint density at radius 3 is 2.95 bits per heavy atom. The first-order chi connectivity index (χ1) is 9.74. The Kier molecular flexibility index (Phi) is 5.01. The Hall–Kier alpha value is -2.01. The van der Waals surface area contributed by atoms with E-state index in [-0.39, 0.29) is 5.91 Å². The molecule has 20 heavy (non-hydrogen) atoms. The van der Waals surface area contributed by atoms with E-state index < -0.39 is 6.67 Å². The number of aryl methyl sites for hydroxylation is 1. The molecule has 0 saturated heterocycles. The number of rotatable bonds is 6. The highest BCUT2D eigenvalue weighted by Crippen LogP contribution is 2.20. The van der Waals surface area contributed by atoms with E-state index in [1.54, 1.807) is 11.1 Å². The second-order valence-electron chi connectivity index (χ2n) is 4.27. The minimum absolute atomic E-state index is 0.186. The molecule has 0 N–H and O–H groups in total. The maximum absolute atomic E-state index is 12.4. The van der Waals surface area contributed by atoms with Crippen molar-refractivity contribution >= 4 is 23.1 Å². The Labute approximate surface area is 121 Å². The molecule has 0 aliphatic carbocycles. The fraction of sp³-hybridized carbons (Fsp3) is 0.200. The van der Waals surface area contributed by atoms with Gasteiger partial charge in [0.25, 0.3) is 5.91 Å². The lowest BCUT2D eigenvalue weighted by molar-refractivity contribution is -0.114. The van der Waals surface area contributed by atoms with Gasteiger partial charge in [0.1, 0.15) is 0 Å². The molecule has 0 bridgehead atoms. The Morgan fingerprint density at radius 1 is 1.45 bits per heavy atom. The van der Waals surface area contributed by atoms with Crippen LogP contribution in [0.1, 0.15) is 11.1 Å². The molecule has 1 heterocycles. The lowest BCUT2D eigenvalue weighted by atomic mass is 10.1. The maximum Gasteiger partial charge on any atom is 0.250 e. The van der Waals surface area contributed by atoms with Gasteiger partial charge in [0.2, 0.25) is 0 Å². The summed E-state index contributed by atoms with van der Waals surface area (Å²) in [5, 5.41) is 1.90. The van der Waals surface area contributed by atoms with Crippen LogP contribution in [-0.4, -0.2) is 17.0 Å². The molecule has 1 amide bonds. The van der Waals surface area contributed by atoms with Crippen LogP contribution in [-0.2, 0) is 17.8 Å². The average Bonchev–Trinajstić information content (AvgIpc) is 2.98. The summed E-state index contributed by atoms with van der Waals surface area (Å²) in [6, 6.07) is 7.35. The second-order valence-corrected chi connectivity index (χ2v) is 4.93. The van der Waals surface area contributed by atoms with Gasteiger partial charge in [-0.05, 0) is 35.3 Å². The number of benzene rings is 1. The third-order valence-corrected chi connectivity index (χ3v) is 3.51. The topological polar surface area (TPSA) is 33.2 Å². The van der Waals surface area contributed by atoms with E-state index in [0.29, 0.717) is 13.0 Å². The number of carbonyl (C=O) groups is 1. The van der Waals surface area contributed by atoms with Gasteiger partial charge in [-0.25, -0.2) is 4.37 Å². The monoisotopic (exact) mass is 290 g/mol. The number of amides is 1. The predicted molar refractivity (Wildman–Crippen MR) is 79.6 cm³/mol. The fourth-order valence-corrected chi connectivity index (χ4v) is 2.41. The van der Waals surface area contributed by atoms with E-state index in [1.807, 2.05) is 29.6 Å². The summed E-state index contributed by atoms with van der Waals surface area (Å²) in [5.74, 6) is -0.186. The van der Waals surface area contributed by atoms with Crippen molar-refractivity contribution in [2.24, 2.45) is 0 Å². The average molecular weight is 290 g/mol. The summed E-state index contributed by atoms with van der Waals surface area (Å²) in [7, 11) is 0. The normalized spacial score (nSPS) is 10.2. The SMILES string of the molecule is C=CC(=O)N(Cc1cnsc1)c1cccc(CCF)c1. The molecular weight excluding hydrogens is 275 g/mol. The zero-order chi connectivity index (χ0) is 14.4. The number of hydrogen-bond acceptors (Lipinski definition) is 3. The van der Waals surface area contributed by atoms with E-state index >= 15 is 0 Å². The Balaban J connectivity index is 2.28. The molecule has 3 nitrogen and oxygen atoms in total. The standard InChI is InChI=1S/C15H15FN2OS/c1-2-15(19)18(10-13-9-17-20-11-13)14-5-3-4-12(8-14)6-7-16/h2-5,8-9,11H,1,6-7,10H2. The highest BCUT2D eigenvalue weighted by atomic mass is 32.1. The van der Waals surface area contributed by atoms with Crippen molar-refractivity contribution in [1.82, 2.24) is 4.37 Å². The van der Waals surface area contributed by atoms with Crippen molar-refractivity contribution in [3.05, 3.63) is 59.6 Å². The molecule has 104 valence electrons. The molecule has 5 heteroatoms. The zero-order valence-corrected chi connectivity index (χ0v) is 11.8. The van der Waals surface area contributed by atoms with E-state index in [2.05, 4.69) is 11.0 Å². The van der Waals surface area contributed by atoms with Gasteiger partial charge in [-0.1, -0.05) is 18.7 Å². The number of anilines is 1. The first-order valence-corrected chi connectivity index (χ1v) is 7.05. The second kappa shape index (κ2) is 6.96. The molecule has 2 rings (SSSR count). The van der Waals surface area contributed by atoms with Crippen molar-refractivity contribution < 1.29 is 9.18 Å². The smallest absolute Gasteiger partial charge is 0.250 e. The number of nitrogens with zero attached hydrogens (tertiary/aromatic N) is 2. The molecule has 0 radical (unpaired) electrons. The first-order valence-electron chi connectivity index (χ1n) is 6.21. The Morgan fingerprint density at radius 2 is 2.30 bits per heavy atom. The molecule has 0 spiro atoms. The minimum atomic E-state index is -0.409. The molecule has 0 fully saturated rings. The van der Waals surface area contributed by atoms with Crippen LogP contribution in [0.15, 0.2) is 48.5 Å². The summed E-state index contributed by atoms with van der Waals surface area (Å²) >= 11 is 1.34. The summed E-state index contributed by atoms with van der Waals surface area (Å²) < 4.78 is 16.5. The van der Waals surface area contributed by atoms with E-state index in [0.717, 1.165) is 16.8 Å². The number of hydrogen-bond donors (Lipinski definition) is 0. The molecule has 0 aliphatic rings. The van der Waals surface area contributed by atoms with Crippen LogP contribution in [0.4, 0.5) is 10.1 Å². The molecule has 0 saturated carbocycles. The lowest BCUT2D eigenvalue weighted by Crippen LogP contribution is -2.28. The first kappa shape index (κ1) is 14.4. The third kappa shape index (κ3) is 3.51. The van der Waals surface area contributed by atoms with Gasteiger partial charge in [-0.2, -0.15) is 0 Å². The van der Waals surface area contributed by atoms with Crippen molar-refractivity contribution in [2.45, 2.75) is 13.0 Å². The van der Waals surface area contributed by atoms with Crippen LogP contribution in [0.25, 0.3) is 0 Å². The molecular formula is C15H15FN2OS. The molecule has 1 aromatic carbocycles. The quantitative estimate of drug-likeness (QED) is 0.764. The molecule has 2 aromatic rings. The number of carbonyl (C=O) groups excluding carboxylic acids is 1. The van der Waals surface area contributed by atoms with Gasteiger partial charge in [0, 0.05) is 29.2 Å². The highest BCUT2D eigenvalue weighted by molar-refractivity contribution is 7.03. The van der Waals surface area contributed by atoms with Crippen molar-refractivity contribution in [3.8, 4) is 0 Å². The van der Waals surface area contributed by atoms with Gasteiger partial charge >= 0.3 is 0 Å². The van der Waals surface area contributed by atoms with E-state index in [4.69, 9.17) is 0 Å². The fourth-order valence-electron chi connectivity index (χ4n) is 1.88. The summed E-state index contributed by atoms with van der Waals surface area (Å²) in [5.41, 5.74) is 2.57. The summed E-state index contributed by atoms with van der Waals surface area (Å²) in [4.78, 5) is 13.6. The van der Waals surface area contributed by atoms with Crippen LogP contribution in [0.5, 0.6) is 0 Å². The molecule has 0 unspecified atom stereocenters. The minimum Gasteiger partial charge on any atom is -0.304 e. The molecule has 1 aromatic heterocycles. The molecule has 0 aliphatic heterocycles. The van der Waals surface area contributed by atoms with E-state index in [1.165, 1.54) is 17.6 Å². The van der Waals surface area contributed by atoms with Gasteiger partial charge in [0.15, 0.2) is 0 Å². The number of aromatic nitrogens is 1. The predicted octanol–water partition coefficient (Wildman–Crippen LogP) is 3.37. The number of alkyl halides is 1. The van der Waals surface area contributed by atoms with Gasteiger partial charge in [-0.3, -0.25) is 9.18 Å². The van der Waals surface area contributed by atoms with Crippen molar-refractivity contribution in [3.63, 3.8) is 0 Å². The van der Waals surface area contributed by atoms with Crippen LogP contribution < -0.4 is 4.90 Å². The maximum atomic E-state index is 12.4. The van der Waals surface area contributed by atoms with Crippen molar-refractivity contribution in [2.75, 3.05) is 11.6 Å². The van der Waals surface area contributed by atoms with E-state index in [9.17, 15) is 9.18 Å². The van der Waals surface area contributed by atoms with Crippen LogP contribution in [0.3, 0.4) is 0 Å². The molecule has 0 atom stereocenters. The highest BCUT2D eigenvalue weighted by Gasteiger charge is 2.14. The third-order valence-electron chi connectivity index (χ3n) is 2.87. The van der Waals surface area contributed by atoms with Crippen LogP contribution in [0, 0.1) is 0 Å². The van der Waals surface area contributed by atoms with Crippen molar-refractivity contribution in [1.29, 1.82) is 0 Å². The zero-order valence-electron chi connectivity index (χ0n) is 11.0. The van der Waals surface area contributed by atoms with Crippen LogP contribution >= 0.6 is 11.5 Å². The van der Waals surface area contributed by atoms with Gasteiger partial charge in [0.05, 0.1) is 13.2 Å². The largest absolute Gasteiger partial charge is 0.304 e. The summed E-state index contributed by atoms with van der Waals surface area (Å²) in [6.07, 6.45) is 3.37. The Bertz CT molecular complexity index is 583.